The van der Waals surface area contributed by atoms with Crippen molar-refractivity contribution in [1.82, 2.24) is 4.57 Å². The summed E-state index contributed by atoms with van der Waals surface area (Å²) >= 11 is 0. The number of para-hydroxylation sites is 7. The van der Waals surface area contributed by atoms with E-state index in [1.54, 1.807) is 46.2 Å². The van der Waals surface area contributed by atoms with Crippen LogP contribution in [0.2, 0.25) is 0 Å². The number of nitrogens with zero attached hydrogens (tertiary/aromatic N) is 3. The first-order valence-corrected chi connectivity index (χ1v) is 30.4. The Labute approximate surface area is 535 Å². The summed E-state index contributed by atoms with van der Waals surface area (Å²) in [5.74, 6) is 0. The lowest BCUT2D eigenvalue weighted by atomic mass is 9.65. The largest absolute Gasteiger partial charge is 0.453 e. The van der Waals surface area contributed by atoms with Crippen LogP contribution in [-0.2, 0) is 30.1 Å². The van der Waals surface area contributed by atoms with Crippen LogP contribution in [0.25, 0.3) is 104 Å². The van der Waals surface area contributed by atoms with E-state index in [-0.39, 0.29) is 44.7 Å². The third kappa shape index (κ3) is 7.96. The van der Waals surface area contributed by atoms with Crippen LogP contribution in [-0.4, -0.2) is 4.57 Å². The van der Waals surface area contributed by atoms with Gasteiger partial charge < -0.3 is 23.2 Å². The van der Waals surface area contributed by atoms with Crippen molar-refractivity contribution < 1.29 is 61.5 Å². The van der Waals surface area contributed by atoms with Gasteiger partial charge in [0.2, 0.25) is 0 Å². The highest BCUT2D eigenvalue weighted by Gasteiger charge is 2.53. The molecule has 0 N–H and O–H groups in total. The van der Waals surface area contributed by atoms with Gasteiger partial charge in [0, 0.05) is 54.5 Å². The van der Waals surface area contributed by atoms with Gasteiger partial charge in [0.1, 0.15) is 11.2 Å². The molecule has 0 radical (unpaired) electrons. The van der Waals surface area contributed by atoms with Crippen molar-refractivity contribution in [2.45, 2.75) is 30.1 Å². The summed E-state index contributed by atoms with van der Waals surface area (Å²) in [5.41, 5.74) is 2.08. The van der Waals surface area contributed by atoms with Crippen molar-refractivity contribution in [2.75, 3.05) is 9.80 Å². The normalized spacial score (nSPS) is 13.7. The van der Waals surface area contributed by atoms with Crippen LogP contribution >= 0.6 is 0 Å². The molecular formula is C79H41F12N3O2. The van der Waals surface area contributed by atoms with E-state index in [9.17, 15) is 52.7 Å². The molecule has 13 aromatic carbocycles. The Morgan fingerprint density at radius 3 is 1.14 bits per heavy atom. The smallest absolute Gasteiger partial charge is 0.420 e. The van der Waals surface area contributed by atoms with Crippen LogP contribution in [0, 0.1) is 0 Å². The number of rotatable bonds is 6. The lowest BCUT2D eigenvalue weighted by Crippen LogP contribution is -2.34. The zero-order chi connectivity index (χ0) is 65.7. The summed E-state index contributed by atoms with van der Waals surface area (Å²) in [6.07, 6.45) is -19.2. The van der Waals surface area contributed by atoms with E-state index in [2.05, 4.69) is 10.6 Å². The quantitative estimate of drug-likeness (QED) is 0.156. The van der Waals surface area contributed by atoms with Gasteiger partial charge in [-0.1, -0.05) is 152 Å². The molecule has 1 spiro atoms. The molecule has 0 saturated heterocycles. The fraction of sp³-hybridized carbons (Fsp3) is 0.0633. The molecule has 2 aliphatic rings. The Kier molecular flexibility index (Phi) is 11.8. The molecule has 468 valence electrons. The van der Waals surface area contributed by atoms with Gasteiger partial charge in [0.25, 0.3) is 0 Å². The van der Waals surface area contributed by atoms with Crippen LogP contribution in [0.15, 0.2) is 258 Å². The molecule has 5 nitrogen and oxygen atoms in total. The molecule has 1 aliphatic carbocycles. The first-order valence-electron chi connectivity index (χ1n) is 30.4. The molecule has 4 heterocycles. The number of hydrogen-bond acceptors (Lipinski definition) is 4. The predicted molar refractivity (Wildman–Crippen MR) is 351 cm³/mol. The second kappa shape index (κ2) is 19.8. The molecule has 0 saturated carbocycles. The van der Waals surface area contributed by atoms with Crippen molar-refractivity contribution in [3.8, 4) is 16.8 Å². The van der Waals surface area contributed by atoms with Gasteiger partial charge in [0.05, 0.1) is 67.1 Å². The van der Waals surface area contributed by atoms with Crippen LogP contribution in [0.1, 0.15) is 44.5 Å². The van der Waals surface area contributed by atoms with Gasteiger partial charge in [-0.05, 0) is 141 Å². The average molecular weight is 1290 g/mol. The van der Waals surface area contributed by atoms with Gasteiger partial charge in [0.15, 0.2) is 11.2 Å². The maximum Gasteiger partial charge on any atom is 0.420 e. The summed E-state index contributed by atoms with van der Waals surface area (Å²) in [7, 11) is 0. The van der Waals surface area contributed by atoms with E-state index < -0.39 is 63.5 Å². The Morgan fingerprint density at radius 1 is 0.292 bits per heavy atom. The minimum Gasteiger partial charge on any atom is -0.453 e. The summed E-state index contributed by atoms with van der Waals surface area (Å²) < 4.78 is 193. The van der Waals surface area contributed by atoms with Crippen LogP contribution in [0.3, 0.4) is 0 Å². The van der Waals surface area contributed by atoms with Gasteiger partial charge in [-0.15, -0.1) is 0 Å². The monoisotopic (exact) mass is 1290 g/mol. The number of anilines is 6. The molecule has 17 heteroatoms. The van der Waals surface area contributed by atoms with Crippen LogP contribution < -0.4 is 9.80 Å². The molecular weight excluding hydrogens is 1250 g/mol. The van der Waals surface area contributed by atoms with E-state index in [4.69, 9.17) is 8.83 Å². The number of benzene rings is 13. The van der Waals surface area contributed by atoms with Crippen molar-refractivity contribution in [2.24, 2.45) is 0 Å². The Morgan fingerprint density at radius 2 is 0.667 bits per heavy atom. The molecule has 0 bridgehead atoms. The molecule has 1 aliphatic heterocycles. The minimum atomic E-state index is -4.84. The number of furan rings is 2. The standard InChI is InChI=1S/C79H41F12N3O2/c80-76(81,82)42-32-36-44(37-33-42)92(64-30-12-22-54-52-20-10-26-58(78(86,87)88)71(52)95-73(54)64)66-40-60-68(49-17-3-1-14-46(49)66)69-50-18-4-2-15-47(50)67(41-61(69)75(60)56-24-6-8-29-63(56)94-62-28-7-5-16-48(62)51-19-9-25-57(75)70(51)94)93(45-38-34-43(35-39-45)77(83,84)85)65-31-13-23-55-53-21-11-27-59(79(89,90)91)72(53)96-74(55)65/h1-41H. The first-order chi connectivity index (χ1) is 46.2. The second-order valence-electron chi connectivity index (χ2n) is 24.2. The SMILES string of the molecule is FC(F)(F)c1ccc(N(c2cc3c(c4ccccc24)-c2c(cc(N(c4ccc(C(F)(F)F)cc4)c4cccc5c4oc4c(C(F)(F)F)cccc45)c4ccccc24)C32c3ccccc3-n3c4ccccc4c4cccc2c43)c2cccc3c2oc2c(C(F)(F)F)cccc23)cc1. The van der Waals surface area contributed by atoms with Crippen molar-refractivity contribution in [1.29, 1.82) is 0 Å². The highest BCUT2D eigenvalue weighted by Crippen LogP contribution is 2.66. The second-order valence-corrected chi connectivity index (χ2v) is 24.2. The van der Waals surface area contributed by atoms with Gasteiger partial charge in [-0.3, -0.25) is 0 Å². The number of hydrogen-bond donors (Lipinski definition) is 0. The van der Waals surface area contributed by atoms with E-state index in [1.165, 1.54) is 48.5 Å². The zero-order valence-corrected chi connectivity index (χ0v) is 49.4. The average Bonchev–Trinajstić information content (AvgIpc) is 1.47. The van der Waals surface area contributed by atoms with E-state index >= 15 is 0 Å². The predicted octanol–water partition coefficient (Wildman–Crippen LogP) is 24.6. The number of alkyl halides is 12. The Balaban J connectivity index is 1.01. The molecule has 3 aromatic heterocycles. The summed E-state index contributed by atoms with van der Waals surface area (Å²) in [5, 5.41) is 5.15. The maximum atomic E-state index is 15.0. The number of halogens is 12. The van der Waals surface area contributed by atoms with Gasteiger partial charge >= 0.3 is 24.7 Å². The zero-order valence-electron chi connectivity index (χ0n) is 49.4. The third-order valence-electron chi connectivity index (χ3n) is 19.2. The highest BCUT2D eigenvalue weighted by molar-refractivity contribution is 6.22. The van der Waals surface area contributed by atoms with E-state index in [0.717, 1.165) is 86.1 Å². The van der Waals surface area contributed by atoms with Crippen molar-refractivity contribution in [3.05, 3.63) is 293 Å². The fourth-order valence-electron chi connectivity index (χ4n) is 15.5. The molecule has 96 heavy (non-hydrogen) atoms. The van der Waals surface area contributed by atoms with Crippen LogP contribution in [0.4, 0.5) is 86.8 Å². The fourth-order valence-corrected chi connectivity index (χ4v) is 15.5. The molecule has 0 atom stereocenters. The number of aromatic nitrogens is 1. The molecule has 0 unspecified atom stereocenters. The highest BCUT2D eigenvalue weighted by atomic mass is 19.4. The lowest BCUT2D eigenvalue weighted by molar-refractivity contribution is -0.138. The minimum absolute atomic E-state index is 0.0112. The lowest BCUT2D eigenvalue weighted by Gasteiger charge is -2.40. The van der Waals surface area contributed by atoms with Crippen molar-refractivity contribution >= 4 is 121 Å². The van der Waals surface area contributed by atoms with Gasteiger partial charge in [-0.2, -0.15) is 52.7 Å². The molecule has 0 fully saturated rings. The topological polar surface area (TPSA) is 37.7 Å². The summed E-state index contributed by atoms with van der Waals surface area (Å²) in [6, 6.07) is 67.4. The third-order valence-corrected chi connectivity index (χ3v) is 19.2. The van der Waals surface area contributed by atoms with Gasteiger partial charge in [-0.25, -0.2) is 0 Å². The summed E-state index contributed by atoms with van der Waals surface area (Å²) in [4.78, 5) is 3.44. The Bertz CT molecular complexity index is 5710. The molecule has 18 rings (SSSR count). The van der Waals surface area contributed by atoms with Crippen LogP contribution in [0.5, 0.6) is 0 Å². The number of fused-ring (bicyclic) bond motifs is 22. The first kappa shape index (κ1) is 57.2. The maximum absolute atomic E-state index is 15.0. The Hall–Kier alpha value is -11.5. The summed E-state index contributed by atoms with van der Waals surface area (Å²) in [6.45, 7) is 0. The molecule has 16 aromatic rings. The van der Waals surface area contributed by atoms with E-state index in [1.807, 2.05) is 121 Å². The molecule has 0 amide bonds. The van der Waals surface area contributed by atoms with E-state index in [0.29, 0.717) is 54.8 Å². The van der Waals surface area contributed by atoms with Crippen molar-refractivity contribution in [3.63, 3.8) is 0 Å².